The fourth-order valence-corrected chi connectivity index (χ4v) is 0.514. The van der Waals surface area contributed by atoms with Crippen molar-refractivity contribution in [2.24, 2.45) is 0 Å². The zero-order valence-electron chi connectivity index (χ0n) is 7.01. The van der Waals surface area contributed by atoms with Crippen molar-refractivity contribution in [1.82, 2.24) is 5.48 Å². The molecule has 11 heavy (non-hydrogen) atoms. The van der Waals surface area contributed by atoms with E-state index in [1.165, 1.54) is 0 Å². The number of aliphatic hydroxyl groups is 1. The lowest BCUT2D eigenvalue weighted by atomic mass is 10.5. The lowest BCUT2D eigenvalue weighted by molar-refractivity contribution is -0.0107. The van der Waals surface area contributed by atoms with Crippen LogP contribution in [0.4, 0.5) is 0 Å². The Morgan fingerprint density at radius 3 is 2.73 bits per heavy atom. The molecule has 0 saturated heterocycles. The van der Waals surface area contributed by atoms with E-state index in [0.717, 1.165) is 13.0 Å². The number of nitrogens with one attached hydrogen (secondary N) is 1. The minimum absolute atomic E-state index is 0.0718. The van der Waals surface area contributed by atoms with E-state index in [1.54, 1.807) is 0 Å². The highest BCUT2D eigenvalue weighted by Crippen LogP contribution is 1.75. The zero-order chi connectivity index (χ0) is 8.36. The van der Waals surface area contributed by atoms with E-state index >= 15 is 0 Å². The molecule has 0 heterocycles. The molecule has 0 atom stereocenters. The standard InChI is InChI=1S/C7H17NO3/c1-2-3-8-11-7-6-10-5-4-9/h8-9H,2-7H2,1H3. The molecule has 0 rings (SSSR count). The van der Waals surface area contributed by atoms with Crippen molar-refractivity contribution in [3.63, 3.8) is 0 Å². The molecule has 2 N–H and O–H groups in total. The van der Waals surface area contributed by atoms with E-state index < -0.39 is 0 Å². The molecule has 0 saturated carbocycles. The van der Waals surface area contributed by atoms with Gasteiger partial charge in [0.25, 0.3) is 0 Å². The number of hydrogen-bond donors (Lipinski definition) is 2. The molecule has 0 radical (unpaired) electrons. The predicted octanol–water partition coefficient (Wildman–Crippen LogP) is -0.0735. The van der Waals surface area contributed by atoms with Gasteiger partial charge in [0.1, 0.15) is 0 Å². The van der Waals surface area contributed by atoms with Crippen LogP contribution in [0.2, 0.25) is 0 Å². The van der Waals surface area contributed by atoms with Gasteiger partial charge in [-0.15, -0.1) is 0 Å². The summed E-state index contributed by atoms with van der Waals surface area (Å²) in [5, 5.41) is 8.33. The fourth-order valence-electron chi connectivity index (χ4n) is 0.514. The van der Waals surface area contributed by atoms with Gasteiger partial charge in [-0.1, -0.05) is 6.92 Å². The Balaban J connectivity index is 2.69. The number of rotatable bonds is 8. The Morgan fingerprint density at radius 1 is 1.27 bits per heavy atom. The van der Waals surface area contributed by atoms with Gasteiger partial charge in [0.15, 0.2) is 0 Å². The molecule has 4 heteroatoms. The molecule has 0 amide bonds. The lowest BCUT2D eigenvalue weighted by Crippen LogP contribution is -2.18. The second kappa shape index (κ2) is 9.84. The van der Waals surface area contributed by atoms with Crippen molar-refractivity contribution in [3.05, 3.63) is 0 Å². The number of hydrogen-bond acceptors (Lipinski definition) is 4. The maximum absolute atomic E-state index is 8.33. The zero-order valence-corrected chi connectivity index (χ0v) is 7.01. The molecule has 0 bridgehead atoms. The van der Waals surface area contributed by atoms with Gasteiger partial charge in [-0.2, -0.15) is 0 Å². The lowest BCUT2D eigenvalue weighted by Gasteiger charge is -2.04. The summed E-state index contributed by atoms with van der Waals surface area (Å²) in [6, 6.07) is 0. The van der Waals surface area contributed by atoms with Crippen molar-refractivity contribution >= 4 is 0 Å². The van der Waals surface area contributed by atoms with Crippen molar-refractivity contribution < 1.29 is 14.7 Å². The average molecular weight is 163 g/mol. The monoisotopic (exact) mass is 163 g/mol. The van der Waals surface area contributed by atoms with Crippen LogP contribution >= 0.6 is 0 Å². The molecule has 0 aliphatic rings. The van der Waals surface area contributed by atoms with Gasteiger partial charge in [-0.25, -0.2) is 5.48 Å². The summed E-state index contributed by atoms with van der Waals surface area (Å²) < 4.78 is 4.95. The van der Waals surface area contributed by atoms with Crippen molar-refractivity contribution in [2.45, 2.75) is 13.3 Å². The molecular weight excluding hydrogens is 146 g/mol. The van der Waals surface area contributed by atoms with Gasteiger partial charge in [-0.3, -0.25) is 4.84 Å². The minimum atomic E-state index is 0.0718. The van der Waals surface area contributed by atoms with E-state index in [4.69, 9.17) is 14.7 Å². The van der Waals surface area contributed by atoms with Crippen LogP contribution in [-0.4, -0.2) is 38.1 Å². The first kappa shape index (κ1) is 10.8. The maximum Gasteiger partial charge on any atom is 0.0916 e. The first-order valence-corrected chi connectivity index (χ1v) is 3.95. The van der Waals surface area contributed by atoms with E-state index in [0.29, 0.717) is 19.8 Å². The molecule has 0 aromatic heterocycles. The first-order chi connectivity index (χ1) is 5.41. The average Bonchev–Trinajstić information content (AvgIpc) is 2.03. The highest BCUT2D eigenvalue weighted by atomic mass is 16.7. The Kier molecular flexibility index (Phi) is 9.70. The molecule has 0 aromatic rings. The highest BCUT2D eigenvalue weighted by Gasteiger charge is 1.86. The molecule has 0 spiro atoms. The summed E-state index contributed by atoms with van der Waals surface area (Å²) in [5.74, 6) is 0. The van der Waals surface area contributed by atoms with Crippen LogP contribution < -0.4 is 5.48 Å². The van der Waals surface area contributed by atoms with E-state index in [2.05, 4.69) is 12.4 Å². The third-order valence-electron chi connectivity index (χ3n) is 1.02. The van der Waals surface area contributed by atoms with Gasteiger partial charge in [-0.05, 0) is 6.42 Å². The normalized spacial score (nSPS) is 10.4. The van der Waals surface area contributed by atoms with Crippen LogP contribution in [0, 0.1) is 0 Å². The van der Waals surface area contributed by atoms with E-state index in [-0.39, 0.29) is 6.61 Å². The van der Waals surface area contributed by atoms with E-state index in [9.17, 15) is 0 Å². The van der Waals surface area contributed by atoms with Crippen molar-refractivity contribution in [3.8, 4) is 0 Å². The molecule has 4 nitrogen and oxygen atoms in total. The molecule has 0 unspecified atom stereocenters. The minimum Gasteiger partial charge on any atom is -0.394 e. The molecule has 0 aliphatic heterocycles. The van der Waals surface area contributed by atoms with E-state index in [1.807, 2.05) is 0 Å². The molecule has 0 aromatic carbocycles. The molecule has 0 fully saturated rings. The summed E-state index contributed by atoms with van der Waals surface area (Å²) in [7, 11) is 0. The van der Waals surface area contributed by atoms with Crippen LogP contribution in [-0.2, 0) is 9.57 Å². The summed E-state index contributed by atoms with van der Waals surface area (Å²) in [5.41, 5.74) is 2.77. The summed E-state index contributed by atoms with van der Waals surface area (Å²) in [6.45, 7) is 4.44. The Labute approximate surface area is 67.5 Å². The number of ether oxygens (including phenoxy) is 1. The van der Waals surface area contributed by atoms with Crippen LogP contribution in [0.25, 0.3) is 0 Å². The Hall–Kier alpha value is -0.160. The van der Waals surface area contributed by atoms with Gasteiger partial charge >= 0.3 is 0 Å². The summed E-state index contributed by atoms with van der Waals surface area (Å²) in [4.78, 5) is 4.96. The van der Waals surface area contributed by atoms with Crippen LogP contribution in [0.3, 0.4) is 0 Å². The smallest absolute Gasteiger partial charge is 0.0916 e. The molecule has 0 aliphatic carbocycles. The Morgan fingerprint density at radius 2 is 2.09 bits per heavy atom. The molecular formula is C7H17NO3. The van der Waals surface area contributed by atoms with Gasteiger partial charge in [0.2, 0.25) is 0 Å². The van der Waals surface area contributed by atoms with Crippen LogP contribution in [0.15, 0.2) is 0 Å². The summed E-state index contributed by atoms with van der Waals surface area (Å²) >= 11 is 0. The predicted molar refractivity (Wildman–Crippen MR) is 42.2 cm³/mol. The van der Waals surface area contributed by atoms with Crippen LogP contribution in [0.5, 0.6) is 0 Å². The molecule has 68 valence electrons. The Bertz CT molecular complexity index is 62.7. The topological polar surface area (TPSA) is 50.7 Å². The van der Waals surface area contributed by atoms with Gasteiger partial charge < -0.3 is 9.84 Å². The van der Waals surface area contributed by atoms with Crippen molar-refractivity contribution in [2.75, 3.05) is 33.0 Å². The van der Waals surface area contributed by atoms with Crippen molar-refractivity contribution in [1.29, 1.82) is 0 Å². The second-order valence-electron chi connectivity index (χ2n) is 2.08. The number of aliphatic hydroxyl groups excluding tert-OH is 1. The fraction of sp³-hybridized carbons (Fsp3) is 1.00. The SMILES string of the molecule is CCCNOCCOCCO. The largest absolute Gasteiger partial charge is 0.394 e. The first-order valence-electron chi connectivity index (χ1n) is 3.95. The highest BCUT2D eigenvalue weighted by molar-refractivity contribution is 4.30. The second-order valence-corrected chi connectivity index (χ2v) is 2.08. The third-order valence-corrected chi connectivity index (χ3v) is 1.02. The quantitative estimate of drug-likeness (QED) is 0.388. The van der Waals surface area contributed by atoms with Gasteiger partial charge in [0.05, 0.1) is 26.4 Å². The van der Waals surface area contributed by atoms with Gasteiger partial charge in [0, 0.05) is 6.54 Å². The van der Waals surface area contributed by atoms with Crippen LogP contribution in [0.1, 0.15) is 13.3 Å². The summed E-state index contributed by atoms with van der Waals surface area (Å²) in [6.07, 6.45) is 1.05. The third kappa shape index (κ3) is 9.84. The maximum atomic E-state index is 8.33. The number of hydroxylamine groups is 1.